The third-order valence-electron chi connectivity index (χ3n) is 3.20. The molecule has 7 nitrogen and oxygen atoms in total. The molecule has 116 valence electrons. The monoisotopic (exact) mass is 307 g/mol. The number of hydrogen-bond acceptors (Lipinski definition) is 5. The van der Waals surface area contributed by atoms with Crippen LogP contribution in [0.15, 0.2) is 0 Å². The van der Waals surface area contributed by atoms with Gasteiger partial charge < -0.3 is 14.7 Å². The second kappa shape index (κ2) is 6.09. The van der Waals surface area contributed by atoms with Crippen molar-refractivity contribution in [2.75, 3.05) is 25.5 Å². The highest BCUT2D eigenvalue weighted by molar-refractivity contribution is 7.93. The van der Waals surface area contributed by atoms with Gasteiger partial charge in [-0.3, -0.25) is 9.59 Å². The van der Waals surface area contributed by atoms with Crippen LogP contribution in [0.3, 0.4) is 0 Å². The van der Waals surface area contributed by atoms with Gasteiger partial charge in [-0.15, -0.1) is 0 Å². The molecular formula is C12H21NO6S. The number of morpholine rings is 1. The van der Waals surface area contributed by atoms with Gasteiger partial charge >= 0.3 is 5.97 Å². The molecule has 1 fully saturated rings. The number of nitrogens with zero attached hydrogens (tertiary/aromatic N) is 1. The summed E-state index contributed by atoms with van der Waals surface area (Å²) in [6.07, 6.45) is -0.249. The van der Waals surface area contributed by atoms with Gasteiger partial charge in [0, 0.05) is 6.54 Å². The first kappa shape index (κ1) is 16.9. The van der Waals surface area contributed by atoms with E-state index in [0.29, 0.717) is 0 Å². The van der Waals surface area contributed by atoms with Gasteiger partial charge in [-0.2, -0.15) is 0 Å². The molecule has 1 unspecified atom stereocenters. The van der Waals surface area contributed by atoms with Crippen LogP contribution in [0.4, 0.5) is 0 Å². The minimum atomic E-state index is -3.58. The van der Waals surface area contributed by atoms with E-state index in [1.807, 2.05) is 0 Å². The van der Waals surface area contributed by atoms with Gasteiger partial charge in [0.05, 0.1) is 30.4 Å². The number of carbonyl (C=O) groups excluding carboxylic acids is 1. The van der Waals surface area contributed by atoms with E-state index in [2.05, 4.69) is 0 Å². The molecule has 0 radical (unpaired) electrons. The zero-order valence-electron chi connectivity index (χ0n) is 12.0. The Hall–Kier alpha value is -1.15. The molecule has 0 aromatic carbocycles. The molecule has 1 rings (SSSR count). The third kappa shape index (κ3) is 4.17. The van der Waals surface area contributed by atoms with Crippen molar-refractivity contribution in [3.8, 4) is 0 Å². The van der Waals surface area contributed by atoms with Gasteiger partial charge in [0.15, 0.2) is 9.84 Å². The fourth-order valence-electron chi connectivity index (χ4n) is 1.82. The highest BCUT2D eigenvalue weighted by atomic mass is 32.2. The number of carboxylic acids is 1. The van der Waals surface area contributed by atoms with Crippen LogP contribution in [0, 0.1) is 0 Å². The van der Waals surface area contributed by atoms with E-state index >= 15 is 0 Å². The maximum Gasteiger partial charge on any atom is 0.305 e. The van der Waals surface area contributed by atoms with Crippen molar-refractivity contribution in [1.82, 2.24) is 4.90 Å². The third-order valence-corrected chi connectivity index (χ3v) is 5.70. The van der Waals surface area contributed by atoms with Gasteiger partial charge in [0.1, 0.15) is 5.75 Å². The number of ether oxygens (including phenoxy) is 1. The van der Waals surface area contributed by atoms with Crippen molar-refractivity contribution >= 4 is 21.7 Å². The van der Waals surface area contributed by atoms with Crippen molar-refractivity contribution in [2.24, 2.45) is 0 Å². The number of amides is 1. The standard InChI is InChI=1S/C12H21NO6S/c1-12(2,3)20(17,18)8-10(14)13-4-5-19-7-9(13)6-11(15)16/h9H,4-8H2,1-3H3,(H,15,16). The Balaban J connectivity index is 2.81. The Morgan fingerprint density at radius 2 is 1.95 bits per heavy atom. The summed E-state index contributed by atoms with van der Waals surface area (Å²) in [5, 5.41) is 8.82. The minimum Gasteiger partial charge on any atom is -0.481 e. The van der Waals surface area contributed by atoms with E-state index in [9.17, 15) is 18.0 Å². The molecule has 1 aliphatic rings. The SMILES string of the molecule is CC(C)(C)S(=O)(=O)CC(=O)N1CCOCC1CC(=O)O. The lowest BCUT2D eigenvalue weighted by Gasteiger charge is -2.35. The van der Waals surface area contributed by atoms with Crippen molar-refractivity contribution in [1.29, 1.82) is 0 Å². The van der Waals surface area contributed by atoms with Crippen LogP contribution >= 0.6 is 0 Å². The second-order valence-electron chi connectivity index (χ2n) is 5.79. The molecule has 0 bridgehead atoms. The number of sulfone groups is 1. The van der Waals surface area contributed by atoms with E-state index in [-0.39, 0.29) is 26.2 Å². The van der Waals surface area contributed by atoms with E-state index < -0.39 is 38.3 Å². The largest absolute Gasteiger partial charge is 0.481 e. The Kier molecular flexibility index (Phi) is 5.15. The summed E-state index contributed by atoms with van der Waals surface area (Å²) >= 11 is 0. The molecule has 1 saturated heterocycles. The summed E-state index contributed by atoms with van der Waals surface area (Å²) in [5.74, 6) is -2.21. The molecule has 1 heterocycles. The van der Waals surface area contributed by atoms with E-state index in [0.717, 1.165) is 0 Å². The van der Waals surface area contributed by atoms with Crippen LogP contribution in [0.5, 0.6) is 0 Å². The summed E-state index contributed by atoms with van der Waals surface area (Å²) in [4.78, 5) is 24.2. The van der Waals surface area contributed by atoms with Crippen LogP contribution in [0.1, 0.15) is 27.2 Å². The molecule has 0 spiro atoms. The topological polar surface area (TPSA) is 101 Å². The fraction of sp³-hybridized carbons (Fsp3) is 0.833. The van der Waals surface area contributed by atoms with Crippen LogP contribution < -0.4 is 0 Å². The van der Waals surface area contributed by atoms with Crippen LogP contribution in [-0.2, 0) is 24.2 Å². The average molecular weight is 307 g/mol. The zero-order valence-corrected chi connectivity index (χ0v) is 12.8. The van der Waals surface area contributed by atoms with Crippen molar-refractivity contribution in [2.45, 2.75) is 38.0 Å². The van der Waals surface area contributed by atoms with Gasteiger partial charge in [-0.05, 0) is 20.8 Å². The van der Waals surface area contributed by atoms with Crippen molar-refractivity contribution in [3.63, 3.8) is 0 Å². The lowest BCUT2D eigenvalue weighted by molar-refractivity contribution is -0.144. The summed E-state index contributed by atoms with van der Waals surface area (Å²) in [6.45, 7) is 5.22. The Bertz CT molecular complexity index is 479. The molecule has 0 aliphatic carbocycles. The number of rotatable bonds is 4. The highest BCUT2D eigenvalue weighted by Crippen LogP contribution is 2.18. The number of hydrogen-bond donors (Lipinski definition) is 1. The predicted molar refractivity (Wildman–Crippen MR) is 72.1 cm³/mol. The van der Waals surface area contributed by atoms with Gasteiger partial charge in [0.25, 0.3) is 0 Å². The van der Waals surface area contributed by atoms with Gasteiger partial charge in [0.2, 0.25) is 5.91 Å². The maximum atomic E-state index is 12.2. The maximum absolute atomic E-state index is 12.2. The first-order chi connectivity index (χ1) is 9.04. The van der Waals surface area contributed by atoms with Crippen LogP contribution in [0.2, 0.25) is 0 Å². The lowest BCUT2D eigenvalue weighted by atomic mass is 10.1. The molecule has 0 aromatic heterocycles. The molecule has 1 amide bonds. The number of aliphatic carboxylic acids is 1. The molecule has 20 heavy (non-hydrogen) atoms. The summed E-state index contributed by atoms with van der Waals surface area (Å²) in [5.41, 5.74) is 0. The average Bonchev–Trinajstić information content (AvgIpc) is 2.26. The lowest BCUT2D eigenvalue weighted by Crippen LogP contribution is -2.52. The molecule has 8 heteroatoms. The molecule has 1 atom stereocenters. The van der Waals surface area contributed by atoms with Gasteiger partial charge in [-0.1, -0.05) is 0 Å². The number of carboxylic acid groups (broad SMARTS) is 1. The summed E-state index contributed by atoms with van der Waals surface area (Å²) < 4.78 is 28.2. The molecule has 1 aliphatic heterocycles. The predicted octanol–water partition coefficient (Wildman–Crippen LogP) is -0.0982. The first-order valence-corrected chi connectivity index (χ1v) is 8.01. The van der Waals surface area contributed by atoms with Crippen molar-refractivity contribution < 1.29 is 27.9 Å². The van der Waals surface area contributed by atoms with E-state index in [1.165, 1.54) is 25.7 Å². The Labute approximate surface area is 118 Å². The summed E-state index contributed by atoms with van der Waals surface area (Å²) in [6, 6.07) is -0.607. The fourth-order valence-corrected chi connectivity index (χ4v) is 2.74. The molecule has 0 saturated carbocycles. The first-order valence-electron chi connectivity index (χ1n) is 6.36. The van der Waals surface area contributed by atoms with Gasteiger partial charge in [-0.25, -0.2) is 8.42 Å². The highest BCUT2D eigenvalue weighted by Gasteiger charge is 2.36. The normalized spacial score (nSPS) is 20.8. The summed E-state index contributed by atoms with van der Waals surface area (Å²) in [7, 11) is -3.58. The zero-order chi connectivity index (χ0) is 15.6. The van der Waals surface area contributed by atoms with Crippen molar-refractivity contribution in [3.05, 3.63) is 0 Å². The molecule has 0 aromatic rings. The number of carbonyl (C=O) groups is 2. The van der Waals surface area contributed by atoms with E-state index in [4.69, 9.17) is 9.84 Å². The Morgan fingerprint density at radius 1 is 1.35 bits per heavy atom. The Morgan fingerprint density at radius 3 is 2.45 bits per heavy atom. The van der Waals surface area contributed by atoms with Crippen LogP contribution in [0.25, 0.3) is 0 Å². The van der Waals surface area contributed by atoms with Crippen LogP contribution in [-0.4, -0.2) is 66.6 Å². The molecule has 1 N–H and O–H groups in total. The smallest absolute Gasteiger partial charge is 0.305 e. The second-order valence-corrected chi connectivity index (χ2v) is 8.53. The minimum absolute atomic E-state index is 0.119. The molecular weight excluding hydrogens is 286 g/mol. The van der Waals surface area contributed by atoms with E-state index in [1.54, 1.807) is 0 Å². The quantitative estimate of drug-likeness (QED) is 0.778.